The number of aromatic nitrogens is 1. The predicted molar refractivity (Wildman–Crippen MR) is 126 cm³/mol. The third kappa shape index (κ3) is 4.14. The van der Waals surface area contributed by atoms with Crippen molar-refractivity contribution < 1.29 is 14.4 Å². The maximum atomic E-state index is 13.3. The summed E-state index contributed by atoms with van der Waals surface area (Å²) in [7, 11) is 0. The molecule has 0 radical (unpaired) electrons. The Balaban J connectivity index is 1.34. The van der Waals surface area contributed by atoms with Crippen LogP contribution in [0.5, 0.6) is 0 Å². The van der Waals surface area contributed by atoms with E-state index in [1.807, 2.05) is 24.3 Å². The molecule has 9 heteroatoms. The van der Waals surface area contributed by atoms with E-state index in [1.165, 1.54) is 10.8 Å². The molecule has 8 nitrogen and oxygen atoms in total. The molecule has 1 saturated carbocycles. The molecule has 4 amide bonds. The molecule has 0 unspecified atom stereocenters. The molecular weight excluding hydrogens is 442 g/mol. The Kier molecular flexibility index (Phi) is 5.25. The van der Waals surface area contributed by atoms with Gasteiger partial charge in [-0.2, -0.15) is 0 Å². The number of nitrogens with one attached hydrogen (secondary N) is 2. The molecule has 2 fully saturated rings. The number of rotatable bonds is 4. The van der Waals surface area contributed by atoms with E-state index in [0.29, 0.717) is 41.1 Å². The molecule has 1 aromatic heterocycles. The predicted octanol–water partition coefficient (Wildman–Crippen LogP) is 3.92. The molecule has 3 aromatic rings. The Morgan fingerprint density at radius 2 is 1.91 bits per heavy atom. The molecule has 5 rings (SSSR count). The fourth-order valence-electron chi connectivity index (χ4n) is 4.65. The molecule has 2 heterocycles. The van der Waals surface area contributed by atoms with Gasteiger partial charge in [0.1, 0.15) is 6.04 Å². The number of hydrogen-bond donors (Lipinski definition) is 3. The fraction of sp³-hybridized carbons (Fsp3) is 0.292. The minimum absolute atomic E-state index is 0.0244. The SMILES string of the molecule is NC(=O)n1cc(NC(=O)N2CC3(CC3)C[C@H]2C(=O)NCc2cccc(Cl)c2)c2ccccc21. The summed E-state index contributed by atoms with van der Waals surface area (Å²) in [6.07, 6.45) is 4.18. The van der Waals surface area contributed by atoms with Gasteiger partial charge in [0.25, 0.3) is 0 Å². The number of nitrogens with two attached hydrogens (primary N) is 1. The highest BCUT2D eigenvalue weighted by Gasteiger charge is 2.55. The summed E-state index contributed by atoms with van der Waals surface area (Å²) in [5.41, 5.74) is 7.48. The number of urea groups is 1. The number of amides is 4. The van der Waals surface area contributed by atoms with Gasteiger partial charge in [0.15, 0.2) is 0 Å². The first-order valence-electron chi connectivity index (χ1n) is 10.8. The Bertz CT molecular complexity index is 1270. The van der Waals surface area contributed by atoms with Crippen molar-refractivity contribution in [2.75, 3.05) is 11.9 Å². The molecule has 1 saturated heterocycles. The van der Waals surface area contributed by atoms with E-state index in [0.717, 1.165) is 18.4 Å². The smallest absolute Gasteiger partial charge is 0.323 e. The maximum Gasteiger partial charge on any atom is 0.323 e. The molecule has 33 heavy (non-hydrogen) atoms. The van der Waals surface area contributed by atoms with Crippen LogP contribution >= 0.6 is 11.6 Å². The van der Waals surface area contributed by atoms with Gasteiger partial charge in [-0.05, 0) is 48.4 Å². The number of para-hydroxylation sites is 1. The van der Waals surface area contributed by atoms with Crippen molar-refractivity contribution in [3.05, 3.63) is 65.3 Å². The van der Waals surface area contributed by atoms with Crippen LogP contribution in [0.2, 0.25) is 5.02 Å². The average Bonchev–Trinajstić information content (AvgIpc) is 3.28. The molecule has 0 bridgehead atoms. The first-order chi connectivity index (χ1) is 15.8. The first kappa shape index (κ1) is 21.3. The van der Waals surface area contributed by atoms with Crippen LogP contribution in [0.3, 0.4) is 0 Å². The highest BCUT2D eigenvalue weighted by molar-refractivity contribution is 6.30. The number of benzene rings is 2. The second-order valence-electron chi connectivity index (χ2n) is 8.89. The summed E-state index contributed by atoms with van der Waals surface area (Å²) in [5.74, 6) is -0.187. The number of carbonyl (C=O) groups is 3. The number of halogens is 1. The van der Waals surface area contributed by atoms with Crippen LogP contribution < -0.4 is 16.4 Å². The molecule has 170 valence electrons. The summed E-state index contributed by atoms with van der Waals surface area (Å²) in [5, 5.41) is 7.15. The minimum Gasteiger partial charge on any atom is -0.351 e. The lowest BCUT2D eigenvalue weighted by Crippen LogP contribution is -2.47. The van der Waals surface area contributed by atoms with Gasteiger partial charge < -0.3 is 21.3 Å². The van der Waals surface area contributed by atoms with Crippen LogP contribution in [0.1, 0.15) is 24.8 Å². The van der Waals surface area contributed by atoms with E-state index in [2.05, 4.69) is 10.6 Å². The van der Waals surface area contributed by atoms with Gasteiger partial charge >= 0.3 is 12.1 Å². The number of fused-ring (bicyclic) bond motifs is 1. The monoisotopic (exact) mass is 465 g/mol. The summed E-state index contributed by atoms with van der Waals surface area (Å²) >= 11 is 6.03. The summed E-state index contributed by atoms with van der Waals surface area (Å²) in [4.78, 5) is 39.8. The number of primary amides is 1. The minimum atomic E-state index is -0.636. The Labute approximate surface area is 195 Å². The van der Waals surface area contributed by atoms with Gasteiger partial charge in [0.2, 0.25) is 5.91 Å². The number of likely N-dealkylation sites (tertiary alicyclic amines) is 1. The van der Waals surface area contributed by atoms with E-state index < -0.39 is 12.1 Å². The van der Waals surface area contributed by atoms with Crippen molar-refractivity contribution in [1.82, 2.24) is 14.8 Å². The van der Waals surface area contributed by atoms with Crippen LogP contribution in [0.15, 0.2) is 54.7 Å². The van der Waals surface area contributed by atoms with Crippen molar-refractivity contribution in [2.45, 2.75) is 31.8 Å². The topological polar surface area (TPSA) is 109 Å². The van der Waals surface area contributed by atoms with Crippen LogP contribution in [0.25, 0.3) is 10.9 Å². The van der Waals surface area contributed by atoms with Gasteiger partial charge in [0.05, 0.1) is 11.2 Å². The van der Waals surface area contributed by atoms with Crippen molar-refractivity contribution >= 4 is 46.2 Å². The van der Waals surface area contributed by atoms with Crippen molar-refractivity contribution in [3.8, 4) is 0 Å². The number of carbonyl (C=O) groups excluding carboxylic acids is 3. The van der Waals surface area contributed by atoms with Crippen molar-refractivity contribution in [1.29, 1.82) is 0 Å². The Hall–Kier alpha value is -3.52. The zero-order valence-electron chi connectivity index (χ0n) is 17.9. The van der Waals surface area contributed by atoms with Crippen molar-refractivity contribution in [3.63, 3.8) is 0 Å². The van der Waals surface area contributed by atoms with Crippen LogP contribution in [0.4, 0.5) is 15.3 Å². The average molecular weight is 466 g/mol. The van der Waals surface area contributed by atoms with Crippen LogP contribution in [0, 0.1) is 5.41 Å². The van der Waals surface area contributed by atoms with Gasteiger partial charge in [0, 0.05) is 29.7 Å². The van der Waals surface area contributed by atoms with Crippen LogP contribution in [-0.2, 0) is 11.3 Å². The highest BCUT2D eigenvalue weighted by Crippen LogP contribution is 2.54. The van der Waals surface area contributed by atoms with Gasteiger partial charge in [-0.3, -0.25) is 9.36 Å². The number of hydrogen-bond acceptors (Lipinski definition) is 3. The lowest BCUT2D eigenvalue weighted by molar-refractivity contribution is -0.124. The molecule has 1 spiro atoms. The lowest BCUT2D eigenvalue weighted by atomic mass is 10.0. The molecule has 4 N–H and O–H groups in total. The molecule has 1 atom stereocenters. The van der Waals surface area contributed by atoms with Crippen molar-refractivity contribution in [2.24, 2.45) is 11.1 Å². The number of nitrogens with zero attached hydrogens (tertiary/aromatic N) is 2. The van der Waals surface area contributed by atoms with E-state index in [1.54, 1.807) is 29.2 Å². The molecule has 1 aliphatic heterocycles. The molecule has 1 aliphatic carbocycles. The zero-order valence-corrected chi connectivity index (χ0v) is 18.6. The first-order valence-corrected chi connectivity index (χ1v) is 11.2. The van der Waals surface area contributed by atoms with Crippen LogP contribution in [-0.4, -0.2) is 40.0 Å². The quantitative estimate of drug-likeness (QED) is 0.543. The maximum absolute atomic E-state index is 13.3. The van der Waals surface area contributed by atoms with Gasteiger partial charge in [-0.25, -0.2) is 9.59 Å². The normalized spacial score (nSPS) is 18.5. The van der Waals surface area contributed by atoms with Gasteiger partial charge in [-0.1, -0.05) is 41.9 Å². The third-order valence-electron chi connectivity index (χ3n) is 6.58. The van der Waals surface area contributed by atoms with Gasteiger partial charge in [-0.15, -0.1) is 0 Å². The summed E-state index contributed by atoms with van der Waals surface area (Å²) in [6, 6.07) is 12.9. The molecule has 2 aromatic carbocycles. The zero-order chi connectivity index (χ0) is 23.2. The van der Waals surface area contributed by atoms with E-state index in [4.69, 9.17) is 17.3 Å². The third-order valence-corrected chi connectivity index (χ3v) is 6.81. The highest BCUT2D eigenvalue weighted by atomic mass is 35.5. The Morgan fingerprint density at radius 3 is 2.64 bits per heavy atom. The summed E-state index contributed by atoms with van der Waals surface area (Å²) < 4.78 is 1.30. The fourth-order valence-corrected chi connectivity index (χ4v) is 4.86. The Morgan fingerprint density at radius 1 is 1.12 bits per heavy atom. The van der Waals surface area contributed by atoms with E-state index >= 15 is 0 Å². The second-order valence-corrected chi connectivity index (χ2v) is 9.33. The summed E-state index contributed by atoms with van der Waals surface area (Å²) in [6.45, 7) is 0.868. The lowest BCUT2D eigenvalue weighted by Gasteiger charge is -2.24. The molecule has 2 aliphatic rings. The number of anilines is 1. The largest absolute Gasteiger partial charge is 0.351 e. The molecular formula is C24H24ClN5O3. The second kappa shape index (κ2) is 8.12. The standard InChI is InChI=1S/C24H24ClN5O3/c25-16-5-3-4-15(10-16)12-27-21(31)20-11-24(8-9-24)14-30(20)23(33)28-18-13-29(22(26)32)19-7-2-1-6-17(18)19/h1-7,10,13,20H,8-9,11-12,14H2,(H2,26,32)(H,27,31)(H,28,33)/t20-/m0/s1. The van der Waals surface area contributed by atoms with E-state index in [-0.39, 0.29) is 17.4 Å². The van der Waals surface area contributed by atoms with E-state index in [9.17, 15) is 14.4 Å².